The molecule has 0 radical (unpaired) electrons. The minimum Gasteiger partial charge on any atom is -0.488 e. The van der Waals surface area contributed by atoms with Crippen LogP contribution < -0.4 is 0 Å². The van der Waals surface area contributed by atoms with Crippen LogP contribution in [0.25, 0.3) is 0 Å². The number of Topliss-reactive ketones (excluding diaryl/α,β-unsaturated/α-hetero) is 1. The second kappa shape index (κ2) is 4.96. The minimum absolute atomic E-state index is 0.0211. The molecule has 1 heterocycles. The Bertz CT molecular complexity index is 521. The van der Waals surface area contributed by atoms with Crippen molar-refractivity contribution >= 4 is 5.78 Å². The van der Waals surface area contributed by atoms with Crippen molar-refractivity contribution in [2.75, 3.05) is 7.11 Å². The molecule has 0 amide bonds. The van der Waals surface area contributed by atoms with Crippen LogP contribution in [0.1, 0.15) is 39.5 Å². The zero-order chi connectivity index (χ0) is 15.4. The van der Waals surface area contributed by atoms with Gasteiger partial charge in [-0.1, -0.05) is 12.2 Å². The summed E-state index contributed by atoms with van der Waals surface area (Å²) in [6.07, 6.45) is 1.66. The molecule has 0 spiro atoms. The molecule has 5 atom stereocenters. The van der Waals surface area contributed by atoms with Gasteiger partial charge in [0.25, 0.3) is 0 Å². The van der Waals surface area contributed by atoms with Crippen LogP contribution in [-0.2, 0) is 14.3 Å². The van der Waals surface area contributed by atoms with Crippen LogP contribution in [0.3, 0.4) is 0 Å². The number of methoxy groups -OCH3 is 1. The molecule has 116 valence electrons. The van der Waals surface area contributed by atoms with E-state index in [4.69, 9.17) is 9.47 Å². The minimum atomic E-state index is -0.732. The lowest BCUT2D eigenvalue weighted by atomic mass is 9.74. The molecule has 0 aromatic heterocycles. The number of hydrogen-bond acceptors (Lipinski definition) is 4. The molecule has 0 saturated heterocycles. The first-order valence-corrected chi connectivity index (χ1v) is 7.70. The third-order valence-corrected chi connectivity index (χ3v) is 5.53. The quantitative estimate of drug-likeness (QED) is 0.794. The van der Waals surface area contributed by atoms with Gasteiger partial charge in [-0.3, -0.25) is 4.79 Å². The molecule has 0 bridgehead atoms. The van der Waals surface area contributed by atoms with Crippen LogP contribution in [0.2, 0.25) is 0 Å². The highest BCUT2D eigenvalue weighted by atomic mass is 16.5. The number of aliphatic hydroxyl groups is 1. The zero-order valence-corrected chi connectivity index (χ0v) is 13.0. The lowest BCUT2D eigenvalue weighted by molar-refractivity contribution is -0.135. The second-order valence-electron chi connectivity index (χ2n) is 6.90. The first kappa shape index (κ1) is 14.8. The standard InChI is InChI=1S/C17H24O4/c1-9(2)10-5-6-17(3)12(10)7-11-15(19)14(20-4)8-13(18)16(11)21-17/h10,12-14,18H,1,5-8H2,2-4H3/t10-,12-,13-,14+,17+/m0/s1. The van der Waals surface area contributed by atoms with Gasteiger partial charge in [0.2, 0.25) is 0 Å². The summed E-state index contributed by atoms with van der Waals surface area (Å²) in [6, 6.07) is 0. The molecule has 0 aromatic carbocycles. The largest absolute Gasteiger partial charge is 0.488 e. The summed E-state index contributed by atoms with van der Waals surface area (Å²) in [5.41, 5.74) is 1.50. The lowest BCUT2D eigenvalue weighted by Gasteiger charge is -2.44. The van der Waals surface area contributed by atoms with E-state index in [0.717, 1.165) is 18.4 Å². The van der Waals surface area contributed by atoms with Gasteiger partial charge >= 0.3 is 0 Å². The van der Waals surface area contributed by atoms with Crippen molar-refractivity contribution in [3.63, 3.8) is 0 Å². The van der Waals surface area contributed by atoms with Gasteiger partial charge in [0, 0.05) is 25.0 Å². The molecule has 2 aliphatic carbocycles. The lowest BCUT2D eigenvalue weighted by Crippen LogP contribution is -2.47. The summed E-state index contributed by atoms with van der Waals surface area (Å²) < 4.78 is 11.4. The van der Waals surface area contributed by atoms with Gasteiger partial charge in [0.05, 0.1) is 0 Å². The SMILES string of the molecule is C=C(C)[C@@H]1CC[C@@]2(C)OC3=C(C[C@@H]12)C(=O)[C@H](OC)C[C@@H]3O. The highest BCUT2D eigenvalue weighted by Gasteiger charge is 2.53. The molecule has 1 saturated carbocycles. The maximum Gasteiger partial charge on any atom is 0.191 e. The fraction of sp³-hybridized carbons (Fsp3) is 0.706. The van der Waals surface area contributed by atoms with Crippen molar-refractivity contribution in [1.82, 2.24) is 0 Å². The van der Waals surface area contributed by atoms with Crippen molar-refractivity contribution < 1.29 is 19.4 Å². The van der Waals surface area contributed by atoms with Crippen LogP contribution in [0, 0.1) is 11.8 Å². The Morgan fingerprint density at radius 2 is 2.24 bits per heavy atom. The van der Waals surface area contributed by atoms with E-state index >= 15 is 0 Å². The van der Waals surface area contributed by atoms with Gasteiger partial charge in [-0.25, -0.2) is 0 Å². The average molecular weight is 292 g/mol. The Morgan fingerprint density at radius 3 is 2.86 bits per heavy atom. The van der Waals surface area contributed by atoms with Gasteiger partial charge in [-0.15, -0.1) is 0 Å². The predicted molar refractivity (Wildman–Crippen MR) is 78.6 cm³/mol. The molecule has 4 nitrogen and oxygen atoms in total. The van der Waals surface area contributed by atoms with E-state index in [1.165, 1.54) is 7.11 Å². The molecule has 3 aliphatic rings. The van der Waals surface area contributed by atoms with E-state index in [0.29, 0.717) is 30.1 Å². The van der Waals surface area contributed by atoms with Crippen LogP contribution in [0.5, 0.6) is 0 Å². The normalized spacial score (nSPS) is 42.4. The molecule has 0 unspecified atom stereocenters. The third kappa shape index (κ3) is 2.16. The number of rotatable bonds is 2. The Balaban J connectivity index is 1.97. The van der Waals surface area contributed by atoms with Crippen LogP contribution in [0.4, 0.5) is 0 Å². The molecule has 1 fully saturated rings. The van der Waals surface area contributed by atoms with Crippen molar-refractivity contribution in [1.29, 1.82) is 0 Å². The Morgan fingerprint density at radius 1 is 1.52 bits per heavy atom. The molecular weight excluding hydrogens is 268 g/mol. The summed E-state index contributed by atoms with van der Waals surface area (Å²) in [7, 11) is 1.51. The Labute approximate surface area is 125 Å². The zero-order valence-electron chi connectivity index (χ0n) is 13.0. The third-order valence-electron chi connectivity index (χ3n) is 5.53. The maximum absolute atomic E-state index is 12.5. The van der Waals surface area contributed by atoms with Crippen LogP contribution in [-0.4, -0.2) is 35.8 Å². The fourth-order valence-electron chi connectivity index (χ4n) is 4.27. The second-order valence-corrected chi connectivity index (χ2v) is 6.90. The molecule has 0 aromatic rings. The first-order chi connectivity index (χ1) is 9.87. The Kier molecular flexibility index (Phi) is 3.49. The number of fused-ring (bicyclic) bond motifs is 1. The van der Waals surface area contributed by atoms with Crippen molar-refractivity contribution in [2.45, 2.75) is 57.3 Å². The molecule has 1 aliphatic heterocycles. The number of hydrogen-bond donors (Lipinski definition) is 1. The average Bonchev–Trinajstić information content (AvgIpc) is 2.77. The van der Waals surface area contributed by atoms with E-state index in [9.17, 15) is 9.90 Å². The maximum atomic E-state index is 12.5. The van der Waals surface area contributed by atoms with E-state index in [1.807, 2.05) is 0 Å². The van der Waals surface area contributed by atoms with Crippen LogP contribution >= 0.6 is 0 Å². The monoisotopic (exact) mass is 292 g/mol. The van der Waals surface area contributed by atoms with E-state index in [2.05, 4.69) is 20.4 Å². The van der Waals surface area contributed by atoms with Gasteiger partial charge in [0.1, 0.15) is 23.6 Å². The van der Waals surface area contributed by atoms with Gasteiger partial charge in [0.15, 0.2) is 5.78 Å². The van der Waals surface area contributed by atoms with Crippen LogP contribution in [0.15, 0.2) is 23.5 Å². The van der Waals surface area contributed by atoms with E-state index in [1.54, 1.807) is 0 Å². The van der Waals surface area contributed by atoms with Crippen molar-refractivity contribution in [2.24, 2.45) is 11.8 Å². The highest BCUT2D eigenvalue weighted by Crippen LogP contribution is 2.53. The smallest absolute Gasteiger partial charge is 0.191 e. The molecule has 21 heavy (non-hydrogen) atoms. The molecule has 3 rings (SSSR count). The number of carbonyl (C=O) groups excluding carboxylic acids is 1. The van der Waals surface area contributed by atoms with Gasteiger partial charge in [-0.05, 0) is 39.0 Å². The number of ketones is 1. The number of carbonyl (C=O) groups is 1. The predicted octanol–water partition coefficient (Wildman–Crippen LogP) is 2.37. The van der Waals surface area contributed by atoms with Gasteiger partial charge in [-0.2, -0.15) is 0 Å². The molecule has 1 N–H and O–H groups in total. The summed E-state index contributed by atoms with van der Waals surface area (Å²) in [6.45, 7) is 8.25. The topological polar surface area (TPSA) is 55.8 Å². The van der Waals surface area contributed by atoms with Crippen molar-refractivity contribution in [3.05, 3.63) is 23.5 Å². The summed E-state index contributed by atoms with van der Waals surface area (Å²) in [5.74, 6) is 1.12. The Hall–Kier alpha value is -1.13. The summed E-state index contributed by atoms with van der Waals surface area (Å²) in [5, 5.41) is 10.3. The highest BCUT2D eigenvalue weighted by molar-refractivity contribution is 6.00. The van der Waals surface area contributed by atoms with Crippen molar-refractivity contribution in [3.8, 4) is 0 Å². The summed E-state index contributed by atoms with van der Waals surface area (Å²) in [4.78, 5) is 12.5. The number of allylic oxidation sites excluding steroid dienone is 1. The first-order valence-electron chi connectivity index (χ1n) is 7.70. The molecule has 4 heteroatoms. The fourth-order valence-corrected chi connectivity index (χ4v) is 4.27. The number of aliphatic hydroxyl groups excluding tert-OH is 1. The van der Waals surface area contributed by atoms with E-state index in [-0.39, 0.29) is 17.3 Å². The van der Waals surface area contributed by atoms with Gasteiger partial charge < -0.3 is 14.6 Å². The van der Waals surface area contributed by atoms with E-state index < -0.39 is 12.2 Å². The number of ether oxygens (including phenoxy) is 2. The summed E-state index contributed by atoms with van der Waals surface area (Å²) >= 11 is 0. The molecular formula is C17H24O4.